The summed E-state index contributed by atoms with van der Waals surface area (Å²) >= 11 is 0. The molecule has 0 saturated heterocycles. The molecule has 28 heavy (non-hydrogen) atoms. The predicted molar refractivity (Wildman–Crippen MR) is 114 cm³/mol. The number of amides is 2. The van der Waals surface area contributed by atoms with Gasteiger partial charge in [-0.1, -0.05) is 31.2 Å². The molecule has 4 N–H and O–H groups in total. The first-order valence-corrected chi connectivity index (χ1v) is 9.23. The first-order chi connectivity index (χ1) is 13.1. The van der Waals surface area contributed by atoms with Crippen LogP contribution in [0.25, 0.3) is 0 Å². The van der Waals surface area contributed by atoms with Crippen LogP contribution in [0, 0.1) is 0 Å². The van der Waals surface area contributed by atoms with Crippen molar-refractivity contribution in [3.05, 3.63) is 59.7 Å². The molecule has 6 nitrogen and oxygen atoms in total. The molecule has 2 rings (SSSR count). The molecule has 0 radical (unpaired) electrons. The third kappa shape index (κ3) is 7.58. The van der Waals surface area contributed by atoms with Crippen LogP contribution in [-0.2, 0) is 11.2 Å². The fraction of sp³-hybridized carbons (Fsp3) is 0.333. The second-order valence-electron chi connectivity index (χ2n) is 6.13. The van der Waals surface area contributed by atoms with Gasteiger partial charge in [0.05, 0.1) is 17.9 Å². The summed E-state index contributed by atoms with van der Waals surface area (Å²) in [4.78, 5) is 24.5. The summed E-state index contributed by atoms with van der Waals surface area (Å²) in [6, 6.07) is 14.7. The fourth-order valence-corrected chi connectivity index (χ4v) is 2.51. The van der Waals surface area contributed by atoms with Gasteiger partial charge in [0.1, 0.15) is 5.75 Å². The number of anilines is 1. The van der Waals surface area contributed by atoms with Crippen molar-refractivity contribution in [3.63, 3.8) is 0 Å². The van der Waals surface area contributed by atoms with Gasteiger partial charge in [-0.25, -0.2) is 0 Å². The molecule has 0 spiro atoms. The topological polar surface area (TPSA) is 93.4 Å². The Morgan fingerprint density at radius 1 is 1.07 bits per heavy atom. The van der Waals surface area contributed by atoms with E-state index in [-0.39, 0.29) is 24.2 Å². The number of nitrogens with two attached hydrogens (primary N) is 1. The van der Waals surface area contributed by atoms with E-state index < -0.39 is 0 Å². The number of halogens is 1. The summed E-state index contributed by atoms with van der Waals surface area (Å²) in [5.74, 6) is 0.446. The highest BCUT2D eigenvalue weighted by molar-refractivity contribution is 6.03. The van der Waals surface area contributed by atoms with E-state index in [0.717, 1.165) is 17.7 Å². The largest absolute Gasteiger partial charge is 0.494 e. The lowest BCUT2D eigenvalue weighted by molar-refractivity contribution is -0.116. The zero-order chi connectivity index (χ0) is 19.5. The van der Waals surface area contributed by atoms with Crippen molar-refractivity contribution in [1.82, 2.24) is 5.32 Å². The summed E-state index contributed by atoms with van der Waals surface area (Å²) in [5, 5.41) is 5.53. The van der Waals surface area contributed by atoms with Crippen molar-refractivity contribution >= 4 is 29.9 Å². The smallest absolute Gasteiger partial charge is 0.253 e. The van der Waals surface area contributed by atoms with Crippen LogP contribution in [-0.4, -0.2) is 31.5 Å². The monoisotopic (exact) mass is 405 g/mol. The van der Waals surface area contributed by atoms with Gasteiger partial charge in [0.15, 0.2) is 0 Å². The van der Waals surface area contributed by atoms with Crippen LogP contribution >= 0.6 is 12.4 Å². The minimum Gasteiger partial charge on any atom is -0.494 e. The Morgan fingerprint density at radius 2 is 1.79 bits per heavy atom. The average molecular weight is 406 g/mol. The maximum absolute atomic E-state index is 12.3. The SMILES string of the molecule is CCCOc1ccc(CCC(=O)Nc2ccccc2C(=O)NCCN)cc1.Cl. The molecule has 0 heterocycles. The summed E-state index contributed by atoms with van der Waals surface area (Å²) in [5.41, 5.74) is 7.40. The second kappa shape index (κ2) is 12.8. The minimum atomic E-state index is -0.251. The van der Waals surface area contributed by atoms with Crippen LogP contribution in [0.4, 0.5) is 5.69 Å². The Hall–Kier alpha value is -2.57. The highest BCUT2D eigenvalue weighted by Crippen LogP contribution is 2.17. The summed E-state index contributed by atoms with van der Waals surface area (Å²) in [7, 11) is 0. The molecular formula is C21H28ClN3O3. The number of ether oxygens (including phenoxy) is 1. The number of aryl methyl sites for hydroxylation is 1. The Kier molecular flexibility index (Phi) is 10.7. The first-order valence-electron chi connectivity index (χ1n) is 9.23. The number of rotatable bonds is 10. The van der Waals surface area contributed by atoms with E-state index in [9.17, 15) is 9.59 Å². The fourth-order valence-electron chi connectivity index (χ4n) is 2.51. The lowest BCUT2D eigenvalue weighted by Crippen LogP contribution is -2.30. The lowest BCUT2D eigenvalue weighted by Gasteiger charge is -2.11. The molecule has 2 amide bonds. The molecule has 2 aromatic rings. The standard InChI is InChI=1S/C21H27N3O3.ClH/c1-2-15-27-17-10-7-16(8-11-17)9-12-20(25)24-19-6-4-3-5-18(19)21(26)23-14-13-22;/h3-8,10-11H,2,9,12-15,22H2,1H3,(H,23,26)(H,24,25);1H. The van der Waals surface area contributed by atoms with Crippen molar-refractivity contribution in [2.45, 2.75) is 26.2 Å². The van der Waals surface area contributed by atoms with Gasteiger partial charge in [-0.2, -0.15) is 0 Å². The first kappa shape index (κ1) is 23.5. The predicted octanol–water partition coefficient (Wildman–Crippen LogP) is 3.16. The minimum absolute atomic E-state index is 0. The molecular weight excluding hydrogens is 378 g/mol. The number of hydrogen-bond acceptors (Lipinski definition) is 4. The van der Waals surface area contributed by atoms with Gasteiger partial charge < -0.3 is 21.1 Å². The maximum atomic E-state index is 12.3. The Morgan fingerprint density at radius 3 is 2.46 bits per heavy atom. The zero-order valence-electron chi connectivity index (χ0n) is 16.1. The van der Waals surface area contributed by atoms with Crippen molar-refractivity contribution in [3.8, 4) is 5.75 Å². The third-order valence-corrected chi connectivity index (χ3v) is 3.91. The van der Waals surface area contributed by atoms with E-state index in [4.69, 9.17) is 10.5 Å². The van der Waals surface area contributed by atoms with Gasteiger partial charge in [-0.3, -0.25) is 9.59 Å². The van der Waals surface area contributed by atoms with Crippen LogP contribution in [0.15, 0.2) is 48.5 Å². The van der Waals surface area contributed by atoms with E-state index in [0.29, 0.717) is 43.8 Å². The number of hydrogen-bond donors (Lipinski definition) is 3. The Labute approximate surface area is 172 Å². The van der Waals surface area contributed by atoms with Crippen LogP contribution in [0.5, 0.6) is 5.75 Å². The molecule has 0 saturated carbocycles. The van der Waals surface area contributed by atoms with Crippen molar-refractivity contribution in [2.24, 2.45) is 5.73 Å². The van der Waals surface area contributed by atoms with Crippen LogP contribution in [0.2, 0.25) is 0 Å². The average Bonchev–Trinajstić information content (AvgIpc) is 2.70. The van der Waals surface area contributed by atoms with Crippen LogP contribution in [0.1, 0.15) is 35.7 Å². The molecule has 0 aliphatic rings. The summed E-state index contributed by atoms with van der Waals surface area (Å²) in [6.07, 6.45) is 1.91. The van der Waals surface area contributed by atoms with Crippen LogP contribution in [0.3, 0.4) is 0 Å². The van der Waals surface area contributed by atoms with Gasteiger partial charge in [-0.15, -0.1) is 12.4 Å². The Balaban J connectivity index is 0.00000392. The molecule has 0 unspecified atom stereocenters. The molecule has 2 aromatic carbocycles. The molecule has 0 fully saturated rings. The molecule has 0 bridgehead atoms. The normalized spacial score (nSPS) is 9.93. The highest BCUT2D eigenvalue weighted by atomic mass is 35.5. The lowest BCUT2D eigenvalue weighted by atomic mass is 10.1. The van der Waals surface area contributed by atoms with Crippen molar-refractivity contribution < 1.29 is 14.3 Å². The molecule has 0 aromatic heterocycles. The second-order valence-corrected chi connectivity index (χ2v) is 6.13. The number of nitrogens with one attached hydrogen (secondary N) is 2. The van der Waals surface area contributed by atoms with E-state index in [1.165, 1.54) is 0 Å². The van der Waals surface area contributed by atoms with E-state index >= 15 is 0 Å². The number of benzene rings is 2. The van der Waals surface area contributed by atoms with Crippen molar-refractivity contribution in [1.29, 1.82) is 0 Å². The van der Waals surface area contributed by atoms with Gasteiger partial charge in [0.2, 0.25) is 5.91 Å². The molecule has 7 heteroatoms. The Bertz CT molecular complexity index is 751. The zero-order valence-corrected chi connectivity index (χ0v) is 16.9. The molecule has 152 valence electrons. The number of carbonyl (C=O) groups is 2. The van der Waals surface area contributed by atoms with E-state index in [1.54, 1.807) is 24.3 Å². The number of carbonyl (C=O) groups excluding carboxylic acids is 2. The van der Waals surface area contributed by atoms with Gasteiger partial charge in [0.25, 0.3) is 5.91 Å². The number of para-hydroxylation sites is 1. The van der Waals surface area contributed by atoms with Crippen LogP contribution < -0.4 is 21.1 Å². The molecule has 0 aliphatic heterocycles. The highest BCUT2D eigenvalue weighted by Gasteiger charge is 2.12. The molecule has 0 atom stereocenters. The summed E-state index contributed by atoms with van der Waals surface area (Å²) < 4.78 is 5.55. The van der Waals surface area contributed by atoms with E-state index in [1.807, 2.05) is 24.3 Å². The van der Waals surface area contributed by atoms with Gasteiger partial charge in [-0.05, 0) is 42.7 Å². The third-order valence-electron chi connectivity index (χ3n) is 3.91. The van der Waals surface area contributed by atoms with Gasteiger partial charge in [0, 0.05) is 19.5 Å². The quantitative estimate of drug-likeness (QED) is 0.566. The molecule has 0 aliphatic carbocycles. The van der Waals surface area contributed by atoms with Crippen molar-refractivity contribution in [2.75, 3.05) is 25.0 Å². The summed E-state index contributed by atoms with van der Waals surface area (Å²) in [6.45, 7) is 3.51. The van der Waals surface area contributed by atoms with E-state index in [2.05, 4.69) is 17.6 Å². The maximum Gasteiger partial charge on any atom is 0.253 e. The van der Waals surface area contributed by atoms with Gasteiger partial charge >= 0.3 is 0 Å².